The number of likely N-dealkylation sites (N-methyl/N-ethyl adjacent to an activating group) is 1. The van der Waals surface area contributed by atoms with Crippen LogP contribution in [0.3, 0.4) is 0 Å². The Kier molecular flexibility index (Phi) is 7.24. The Morgan fingerprint density at radius 2 is 1.63 bits per heavy atom. The normalized spacial score (nSPS) is 19.7. The van der Waals surface area contributed by atoms with Crippen LogP contribution in [0.4, 0.5) is 5.69 Å². The number of anilines is 1. The quantitative estimate of drug-likeness (QED) is 0.621. The van der Waals surface area contributed by atoms with Crippen LogP contribution in [0.1, 0.15) is 22.7 Å². The van der Waals surface area contributed by atoms with E-state index >= 15 is 0 Å². The zero-order chi connectivity index (χ0) is 21.7. The monoisotopic (exact) mass is 410 g/mol. The number of amides is 2. The predicted octanol–water partition coefficient (Wildman–Crippen LogP) is -0.145. The Bertz CT molecular complexity index is 874. The highest BCUT2D eigenvalue weighted by molar-refractivity contribution is 5.92. The summed E-state index contributed by atoms with van der Waals surface area (Å²) in [6.45, 7) is 8.02. The molecule has 0 aliphatic carbocycles. The molecule has 0 bridgehead atoms. The second-order valence-electron chi connectivity index (χ2n) is 8.46. The van der Waals surface area contributed by atoms with Gasteiger partial charge in [-0.15, -0.1) is 0 Å². The number of rotatable bonds is 6. The van der Waals surface area contributed by atoms with Crippen LogP contribution in [-0.4, -0.2) is 63.5 Å². The van der Waals surface area contributed by atoms with Crippen molar-refractivity contribution in [2.75, 3.05) is 52.1 Å². The summed E-state index contributed by atoms with van der Waals surface area (Å²) in [6, 6.07) is 15.8. The number of hydrogen-bond donors (Lipinski definition) is 3. The van der Waals surface area contributed by atoms with Crippen molar-refractivity contribution in [3.05, 3.63) is 65.2 Å². The summed E-state index contributed by atoms with van der Waals surface area (Å²) in [7, 11) is 3.63. The Balaban J connectivity index is 1.59. The second-order valence-corrected chi connectivity index (χ2v) is 8.46. The van der Waals surface area contributed by atoms with E-state index in [2.05, 4.69) is 18.3 Å². The molecule has 6 nitrogen and oxygen atoms in total. The van der Waals surface area contributed by atoms with Gasteiger partial charge in [-0.05, 0) is 31.0 Å². The Hall–Kier alpha value is -2.70. The van der Waals surface area contributed by atoms with Crippen LogP contribution in [0.25, 0.3) is 0 Å². The molecule has 0 spiro atoms. The molecule has 2 aromatic rings. The Labute approximate surface area is 179 Å². The van der Waals surface area contributed by atoms with E-state index in [4.69, 9.17) is 0 Å². The molecule has 0 unspecified atom stereocenters. The highest BCUT2D eigenvalue weighted by Gasteiger charge is 2.36. The van der Waals surface area contributed by atoms with Crippen molar-refractivity contribution in [2.24, 2.45) is 0 Å². The minimum Gasteiger partial charge on any atom is -0.343 e. The van der Waals surface area contributed by atoms with Crippen LogP contribution in [0, 0.1) is 13.8 Å². The summed E-state index contributed by atoms with van der Waals surface area (Å²) in [5.74, 6) is 0.179. The fraction of sp³-hybridized carbons (Fsp3) is 0.417. The fourth-order valence-electron chi connectivity index (χ4n) is 4.15. The van der Waals surface area contributed by atoms with E-state index < -0.39 is 0 Å². The highest BCUT2D eigenvalue weighted by atomic mass is 16.2. The van der Waals surface area contributed by atoms with Crippen LogP contribution < -0.4 is 15.1 Å². The molecule has 3 rings (SSSR count). The van der Waals surface area contributed by atoms with Crippen molar-refractivity contribution < 1.29 is 19.4 Å². The van der Waals surface area contributed by atoms with Crippen LogP contribution in [0.5, 0.6) is 0 Å². The average molecular weight is 411 g/mol. The molecule has 30 heavy (non-hydrogen) atoms. The molecule has 1 heterocycles. The molecule has 3 N–H and O–H groups in total. The van der Waals surface area contributed by atoms with Gasteiger partial charge in [-0.1, -0.05) is 42.5 Å². The molecule has 2 aromatic carbocycles. The first-order valence-electron chi connectivity index (χ1n) is 10.7. The number of piperazine rings is 1. The van der Waals surface area contributed by atoms with E-state index in [0.29, 0.717) is 6.54 Å². The third kappa shape index (κ3) is 5.26. The maximum atomic E-state index is 12.9. The summed E-state index contributed by atoms with van der Waals surface area (Å²) >= 11 is 0. The molecule has 1 atom stereocenters. The molecule has 1 fully saturated rings. The van der Waals surface area contributed by atoms with E-state index in [1.807, 2.05) is 63.5 Å². The minimum atomic E-state index is -0.188. The molecule has 160 valence electrons. The molecule has 1 aliphatic rings. The van der Waals surface area contributed by atoms with Gasteiger partial charge in [0.05, 0.1) is 0 Å². The average Bonchev–Trinajstić information content (AvgIpc) is 2.73. The van der Waals surface area contributed by atoms with Gasteiger partial charge in [0.1, 0.15) is 26.2 Å². The second kappa shape index (κ2) is 9.87. The lowest BCUT2D eigenvalue weighted by atomic mass is 10.0. The Morgan fingerprint density at radius 1 is 0.967 bits per heavy atom. The highest BCUT2D eigenvalue weighted by Crippen LogP contribution is 2.17. The van der Waals surface area contributed by atoms with Crippen LogP contribution in [0.2, 0.25) is 0 Å². The van der Waals surface area contributed by atoms with Gasteiger partial charge in [-0.3, -0.25) is 9.59 Å². The smallest absolute Gasteiger partial charge is 0.285 e. The van der Waals surface area contributed by atoms with Gasteiger partial charge in [-0.25, -0.2) is 0 Å². The molecular weight excluding hydrogens is 376 g/mol. The molecule has 0 radical (unpaired) electrons. The van der Waals surface area contributed by atoms with Crippen LogP contribution in [0.15, 0.2) is 48.5 Å². The standard InChI is InChI=1S/C24H32N4O2/c1-18-9-8-12-21(19(18)2)25-22(29)17-27-13-15-28(16-14-27)23(24(30)26(3)4)20-10-6-5-7-11-20/h5-12,23H,13-17H2,1-4H3,(H,25,29)/p+2/t23-/m1/s1. The summed E-state index contributed by atoms with van der Waals surface area (Å²) < 4.78 is 0. The van der Waals surface area contributed by atoms with E-state index in [-0.39, 0.29) is 17.9 Å². The summed E-state index contributed by atoms with van der Waals surface area (Å²) in [4.78, 5) is 29.7. The lowest BCUT2D eigenvalue weighted by Crippen LogP contribution is -3.28. The fourth-order valence-corrected chi connectivity index (χ4v) is 4.15. The largest absolute Gasteiger partial charge is 0.343 e. The molecule has 0 saturated carbocycles. The SMILES string of the molecule is Cc1cccc(NC(=O)C[NH+]2CC[NH+]([C@@H](C(=O)N(C)C)c3ccccc3)CC2)c1C. The van der Waals surface area contributed by atoms with Crippen LogP contribution >= 0.6 is 0 Å². The zero-order valence-electron chi connectivity index (χ0n) is 18.5. The van der Waals surface area contributed by atoms with Crippen molar-refractivity contribution in [3.63, 3.8) is 0 Å². The number of quaternary nitrogens is 2. The Morgan fingerprint density at radius 3 is 2.27 bits per heavy atom. The maximum absolute atomic E-state index is 12.9. The molecule has 6 heteroatoms. The number of carbonyl (C=O) groups excluding carboxylic acids is 2. The lowest BCUT2D eigenvalue weighted by molar-refractivity contribution is -1.02. The first-order valence-corrected chi connectivity index (χ1v) is 10.7. The van der Waals surface area contributed by atoms with Gasteiger partial charge in [0.25, 0.3) is 11.8 Å². The summed E-state index contributed by atoms with van der Waals surface area (Å²) in [6.07, 6.45) is 0. The summed E-state index contributed by atoms with van der Waals surface area (Å²) in [5, 5.41) is 3.06. The number of nitrogens with one attached hydrogen (secondary N) is 3. The van der Waals surface area contributed by atoms with E-state index in [1.165, 1.54) is 15.4 Å². The zero-order valence-corrected chi connectivity index (χ0v) is 18.5. The number of benzene rings is 2. The van der Waals surface area contributed by atoms with Gasteiger partial charge in [0.2, 0.25) is 0 Å². The molecule has 1 saturated heterocycles. The van der Waals surface area contributed by atoms with E-state index in [9.17, 15) is 9.59 Å². The number of aryl methyl sites for hydroxylation is 1. The van der Waals surface area contributed by atoms with Gasteiger partial charge < -0.3 is 20.0 Å². The van der Waals surface area contributed by atoms with Gasteiger partial charge in [0.15, 0.2) is 12.6 Å². The predicted molar refractivity (Wildman–Crippen MR) is 119 cm³/mol. The topological polar surface area (TPSA) is 58.3 Å². The third-order valence-corrected chi connectivity index (χ3v) is 6.12. The van der Waals surface area contributed by atoms with Gasteiger partial charge >= 0.3 is 0 Å². The van der Waals surface area contributed by atoms with Gasteiger partial charge in [-0.2, -0.15) is 0 Å². The summed E-state index contributed by atoms with van der Waals surface area (Å²) in [5.41, 5.74) is 4.24. The van der Waals surface area contributed by atoms with E-state index in [0.717, 1.165) is 43.0 Å². The molecule has 2 amide bonds. The van der Waals surface area contributed by atoms with Crippen LogP contribution in [-0.2, 0) is 9.59 Å². The first-order chi connectivity index (χ1) is 14.4. The number of hydrogen-bond acceptors (Lipinski definition) is 2. The van der Waals surface area contributed by atoms with Crippen molar-refractivity contribution in [1.82, 2.24) is 4.90 Å². The minimum absolute atomic E-state index is 0.0473. The van der Waals surface area contributed by atoms with E-state index in [1.54, 1.807) is 4.90 Å². The maximum Gasteiger partial charge on any atom is 0.285 e. The number of carbonyl (C=O) groups is 2. The van der Waals surface area contributed by atoms with Crippen molar-refractivity contribution in [2.45, 2.75) is 19.9 Å². The lowest BCUT2D eigenvalue weighted by Gasteiger charge is -2.34. The van der Waals surface area contributed by atoms with Crippen molar-refractivity contribution in [1.29, 1.82) is 0 Å². The third-order valence-electron chi connectivity index (χ3n) is 6.12. The number of nitrogens with zero attached hydrogens (tertiary/aromatic N) is 1. The first kappa shape index (κ1) is 22.0. The van der Waals surface area contributed by atoms with Crippen molar-refractivity contribution in [3.8, 4) is 0 Å². The molecule has 0 aromatic heterocycles. The molecular formula is C24H34N4O2+2. The molecule has 1 aliphatic heterocycles. The van der Waals surface area contributed by atoms with Gasteiger partial charge in [0, 0.05) is 25.3 Å². The van der Waals surface area contributed by atoms with Crippen molar-refractivity contribution >= 4 is 17.5 Å².